The number of hydrogen-bond acceptors (Lipinski definition) is 7. The standard InChI is InChI=1S/C19H14FIN2O6S/c1-2-28-19(25)18-16(29-30(26,27)15-9-5-13(21)6-10-15)11-17(24)23(22-18)14-7-3-12(20)4-8-14/h3-11H,2H2,1H3. The van der Waals surface area contributed by atoms with Gasteiger partial charge in [0.25, 0.3) is 5.56 Å². The minimum absolute atomic E-state index is 0.0144. The van der Waals surface area contributed by atoms with E-state index < -0.39 is 38.9 Å². The predicted octanol–water partition coefficient (Wildman–Crippen LogP) is 2.92. The van der Waals surface area contributed by atoms with Crippen molar-refractivity contribution in [1.82, 2.24) is 9.78 Å². The van der Waals surface area contributed by atoms with Gasteiger partial charge in [-0.15, -0.1) is 0 Å². The van der Waals surface area contributed by atoms with E-state index in [9.17, 15) is 22.4 Å². The second-order valence-corrected chi connectivity index (χ2v) is 8.59. The van der Waals surface area contributed by atoms with E-state index in [1.165, 1.54) is 24.3 Å². The molecule has 0 radical (unpaired) electrons. The van der Waals surface area contributed by atoms with E-state index in [1.807, 2.05) is 22.6 Å². The molecule has 1 aromatic heterocycles. The van der Waals surface area contributed by atoms with Crippen LogP contribution in [-0.2, 0) is 14.9 Å². The lowest BCUT2D eigenvalue weighted by Crippen LogP contribution is -2.26. The first kappa shape index (κ1) is 21.9. The first-order valence-corrected chi connectivity index (χ1v) is 11.0. The summed E-state index contributed by atoms with van der Waals surface area (Å²) in [5, 5.41) is 3.90. The number of halogens is 2. The maximum atomic E-state index is 13.2. The van der Waals surface area contributed by atoms with E-state index in [2.05, 4.69) is 5.10 Å². The Morgan fingerprint density at radius 3 is 2.37 bits per heavy atom. The van der Waals surface area contributed by atoms with Crippen molar-refractivity contribution in [2.45, 2.75) is 11.8 Å². The van der Waals surface area contributed by atoms with Crippen LogP contribution in [0.2, 0.25) is 0 Å². The summed E-state index contributed by atoms with van der Waals surface area (Å²) in [5.74, 6) is -2.09. The van der Waals surface area contributed by atoms with Gasteiger partial charge in [0, 0.05) is 3.57 Å². The van der Waals surface area contributed by atoms with Crippen LogP contribution in [0.15, 0.2) is 64.3 Å². The first-order valence-electron chi connectivity index (χ1n) is 8.49. The summed E-state index contributed by atoms with van der Waals surface area (Å²) in [6.45, 7) is 1.54. The Labute approximate surface area is 184 Å². The third kappa shape index (κ3) is 4.84. The molecule has 0 amide bonds. The molecule has 0 aliphatic rings. The molecule has 0 aliphatic heterocycles. The molecule has 1 heterocycles. The Morgan fingerprint density at radius 2 is 1.77 bits per heavy atom. The van der Waals surface area contributed by atoms with Crippen molar-refractivity contribution in [3.63, 3.8) is 0 Å². The molecule has 0 fully saturated rings. The van der Waals surface area contributed by atoms with Crippen LogP contribution < -0.4 is 9.74 Å². The molecule has 0 saturated heterocycles. The topological polar surface area (TPSA) is 105 Å². The highest BCUT2D eigenvalue weighted by Crippen LogP contribution is 2.22. The minimum Gasteiger partial charge on any atom is -0.461 e. The van der Waals surface area contributed by atoms with Crippen molar-refractivity contribution in [2.75, 3.05) is 6.61 Å². The number of ether oxygens (including phenoxy) is 1. The van der Waals surface area contributed by atoms with Crippen LogP contribution in [0.5, 0.6) is 5.75 Å². The van der Waals surface area contributed by atoms with Crippen LogP contribution in [0.25, 0.3) is 5.69 Å². The number of aromatic nitrogens is 2. The lowest BCUT2D eigenvalue weighted by Gasteiger charge is -2.12. The summed E-state index contributed by atoms with van der Waals surface area (Å²) in [6.07, 6.45) is 0. The molecule has 156 valence electrons. The first-order chi connectivity index (χ1) is 14.2. The summed E-state index contributed by atoms with van der Waals surface area (Å²) in [7, 11) is -4.35. The van der Waals surface area contributed by atoms with Crippen LogP contribution in [0.4, 0.5) is 4.39 Å². The van der Waals surface area contributed by atoms with E-state index in [0.717, 1.165) is 26.5 Å². The van der Waals surface area contributed by atoms with Gasteiger partial charge in [-0.1, -0.05) is 0 Å². The lowest BCUT2D eigenvalue weighted by molar-refractivity contribution is 0.0515. The number of carbonyl (C=O) groups excluding carboxylic acids is 1. The number of nitrogens with zero attached hydrogens (tertiary/aromatic N) is 2. The highest BCUT2D eigenvalue weighted by atomic mass is 127. The highest BCUT2D eigenvalue weighted by Gasteiger charge is 2.25. The van der Waals surface area contributed by atoms with Crippen LogP contribution >= 0.6 is 22.6 Å². The van der Waals surface area contributed by atoms with Crippen molar-refractivity contribution in [3.8, 4) is 11.4 Å². The molecule has 8 nitrogen and oxygen atoms in total. The van der Waals surface area contributed by atoms with Crippen LogP contribution in [0.3, 0.4) is 0 Å². The molecule has 0 aliphatic carbocycles. The Balaban J connectivity index is 2.10. The van der Waals surface area contributed by atoms with Crippen LogP contribution in [-0.4, -0.2) is 30.8 Å². The highest BCUT2D eigenvalue weighted by molar-refractivity contribution is 14.1. The number of hydrogen-bond donors (Lipinski definition) is 0. The van der Waals surface area contributed by atoms with Crippen molar-refractivity contribution in [1.29, 1.82) is 0 Å². The fraction of sp³-hybridized carbons (Fsp3) is 0.105. The van der Waals surface area contributed by atoms with Crippen LogP contribution in [0.1, 0.15) is 17.4 Å². The zero-order chi connectivity index (χ0) is 21.9. The predicted molar refractivity (Wildman–Crippen MR) is 113 cm³/mol. The van der Waals surface area contributed by atoms with Gasteiger partial charge in [-0.25, -0.2) is 9.18 Å². The van der Waals surface area contributed by atoms with E-state index in [4.69, 9.17) is 8.92 Å². The van der Waals surface area contributed by atoms with Gasteiger partial charge in [0.2, 0.25) is 5.69 Å². The SMILES string of the molecule is CCOC(=O)c1nn(-c2ccc(F)cc2)c(=O)cc1OS(=O)(=O)c1ccc(I)cc1. The maximum Gasteiger partial charge on any atom is 0.362 e. The summed E-state index contributed by atoms with van der Waals surface area (Å²) in [4.78, 5) is 24.7. The average molecular weight is 544 g/mol. The number of esters is 1. The van der Waals surface area contributed by atoms with Gasteiger partial charge in [-0.2, -0.15) is 18.2 Å². The van der Waals surface area contributed by atoms with E-state index in [-0.39, 0.29) is 17.2 Å². The van der Waals surface area contributed by atoms with Crippen molar-refractivity contribution < 1.29 is 26.5 Å². The van der Waals surface area contributed by atoms with Crippen molar-refractivity contribution >= 4 is 38.7 Å². The van der Waals surface area contributed by atoms with Gasteiger partial charge >= 0.3 is 16.1 Å². The molecule has 2 aromatic carbocycles. The maximum absolute atomic E-state index is 13.2. The minimum atomic E-state index is -4.35. The molecular formula is C19H14FIN2O6S. The summed E-state index contributed by atoms with van der Waals surface area (Å²) in [5.41, 5.74) is -1.14. The quantitative estimate of drug-likeness (QED) is 0.267. The molecule has 0 spiro atoms. The summed E-state index contributed by atoms with van der Waals surface area (Å²) in [6, 6.07) is 11.4. The number of carbonyl (C=O) groups is 1. The van der Waals surface area contributed by atoms with Crippen molar-refractivity contribution in [3.05, 3.63) is 80.0 Å². The molecule has 0 bridgehead atoms. The molecule has 30 heavy (non-hydrogen) atoms. The van der Waals surface area contributed by atoms with Gasteiger partial charge in [-0.3, -0.25) is 4.79 Å². The molecule has 11 heteroatoms. The smallest absolute Gasteiger partial charge is 0.362 e. The van der Waals surface area contributed by atoms with Gasteiger partial charge in [0.1, 0.15) is 10.7 Å². The third-order valence-electron chi connectivity index (χ3n) is 3.74. The normalized spacial score (nSPS) is 11.2. The fourth-order valence-corrected chi connectivity index (χ4v) is 3.67. The zero-order valence-corrected chi connectivity index (χ0v) is 18.4. The fourth-order valence-electron chi connectivity index (χ4n) is 2.38. The van der Waals surface area contributed by atoms with Crippen molar-refractivity contribution in [2.24, 2.45) is 0 Å². The molecule has 3 aromatic rings. The van der Waals surface area contributed by atoms with E-state index >= 15 is 0 Å². The Bertz CT molecular complexity index is 1240. The van der Waals surface area contributed by atoms with E-state index in [0.29, 0.717) is 0 Å². The van der Waals surface area contributed by atoms with Gasteiger partial charge < -0.3 is 8.92 Å². The number of rotatable bonds is 6. The molecule has 0 N–H and O–H groups in total. The lowest BCUT2D eigenvalue weighted by atomic mass is 10.3. The summed E-state index contributed by atoms with van der Waals surface area (Å²) >= 11 is 2.01. The zero-order valence-electron chi connectivity index (χ0n) is 15.4. The Kier molecular flexibility index (Phi) is 6.51. The van der Waals surface area contributed by atoms with E-state index in [1.54, 1.807) is 19.1 Å². The molecule has 3 rings (SSSR count). The Morgan fingerprint density at radius 1 is 1.13 bits per heavy atom. The van der Waals surface area contributed by atoms with Gasteiger partial charge in [0.15, 0.2) is 5.75 Å². The van der Waals surface area contributed by atoms with Gasteiger partial charge in [0.05, 0.1) is 18.4 Å². The number of benzene rings is 2. The summed E-state index contributed by atoms with van der Waals surface area (Å²) < 4.78 is 49.9. The molecule has 0 atom stereocenters. The second kappa shape index (κ2) is 8.92. The molecule has 0 unspecified atom stereocenters. The van der Waals surface area contributed by atoms with Gasteiger partial charge in [-0.05, 0) is 78.0 Å². The largest absolute Gasteiger partial charge is 0.461 e. The van der Waals surface area contributed by atoms with Crippen LogP contribution in [0, 0.1) is 9.39 Å². The second-order valence-electron chi connectivity index (χ2n) is 5.80. The third-order valence-corrected chi connectivity index (χ3v) is 5.71. The average Bonchev–Trinajstić information content (AvgIpc) is 2.69. The molecular weight excluding hydrogens is 530 g/mol. The monoisotopic (exact) mass is 544 g/mol. The molecule has 0 saturated carbocycles. The Hall–Kier alpha value is -2.80.